The molecule has 0 saturated carbocycles. The number of ether oxygens (including phenoxy) is 1. The molecule has 7 heteroatoms. The van der Waals surface area contributed by atoms with Gasteiger partial charge in [-0.3, -0.25) is 9.59 Å². The smallest absolute Gasteiger partial charge is 0.261 e. The van der Waals surface area contributed by atoms with Crippen LogP contribution in [0.1, 0.15) is 23.6 Å². The van der Waals surface area contributed by atoms with Gasteiger partial charge in [0.25, 0.3) is 5.91 Å². The van der Waals surface area contributed by atoms with Crippen molar-refractivity contribution in [1.82, 2.24) is 10.2 Å². The van der Waals surface area contributed by atoms with Crippen LogP contribution >= 0.6 is 27.5 Å². The maximum atomic E-state index is 13.5. The van der Waals surface area contributed by atoms with E-state index in [0.29, 0.717) is 23.7 Å². The molecule has 0 aliphatic rings. The van der Waals surface area contributed by atoms with Gasteiger partial charge < -0.3 is 15.0 Å². The van der Waals surface area contributed by atoms with E-state index in [1.54, 1.807) is 17.0 Å². The van der Waals surface area contributed by atoms with Crippen molar-refractivity contribution in [2.75, 3.05) is 13.2 Å². The fourth-order valence-electron chi connectivity index (χ4n) is 3.59. The van der Waals surface area contributed by atoms with E-state index in [4.69, 9.17) is 16.3 Å². The molecule has 5 nitrogen and oxygen atoms in total. The highest BCUT2D eigenvalue weighted by molar-refractivity contribution is 9.10. The van der Waals surface area contributed by atoms with Gasteiger partial charge in [0.05, 0.1) is 0 Å². The number of halogens is 2. The number of nitrogens with one attached hydrogen (secondary N) is 1. The maximum Gasteiger partial charge on any atom is 0.261 e. The summed E-state index contributed by atoms with van der Waals surface area (Å²) in [5, 5.41) is 3.42. The van der Waals surface area contributed by atoms with Crippen molar-refractivity contribution >= 4 is 39.3 Å². The van der Waals surface area contributed by atoms with E-state index in [9.17, 15) is 9.59 Å². The lowest BCUT2D eigenvalue weighted by Gasteiger charge is -2.31. The van der Waals surface area contributed by atoms with Gasteiger partial charge in [-0.25, -0.2) is 0 Å². The van der Waals surface area contributed by atoms with Crippen molar-refractivity contribution < 1.29 is 14.3 Å². The normalized spacial score (nSPS) is 11.5. The van der Waals surface area contributed by atoms with E-state index >= 15 is 0 Å². The summed E-state index contributed by atoms with van der Waals surface area (Å²) in [6.07, 6.45) is 0.375. The van der Waals surface area contributed by atoms with Crippen molar-refractivity contribution in [1.29, 1.82) is 0 Å². The first-order chi connectivity index (χ1) is 16.4. The topological polar surface area (TPSA) is 58.6 Å². The summed E-state index contributed by atoms with van der Waals surface area (Å²) >= 11 is 9.88. The third-order valence-electron chi connectivity index (χ3n) is 5.41. The Morgan fingerprint density at radius 3 is 2.44 bits per heavy atom. The van der Waals surface area contributed by atoms with Crippen LogP contribution < -0.4 is 10.1 Å². The van der Waals surface area contributed by atoms with Gasteiger partial charge in [-0.2, -0.15) is 0 Å². The second-order valence-electron chi connectivity index (χ2n) is 7.91. The molecule has 0 aromatic heterocycles. The molecule has 0 aliphatic carbocycles. The van der Waals surface area contributed by atoms with Crippen LogP contribution in [0.2, 0.25) is 5.02 Å². The first kappa shape index (κ1) is 25.8. The summed E-state index contributed by atoms with van der Waals surface area (Å²) in [7, 11) is 0. The van der Waals surface area contributed by atoms with Crippen LogP contribution in [0.25, 0.3) is 0 Å². The Morgan fingerprint density at radius 2 is 1.76 bits per heavy atom. The summed E-state index contributed by atoms with van der Waals surface area (Å²) in [4.78, 5) is 28.2. The first-order valence-corrected chi connectivity index (χ1v) is 12.3. The molecule has 3 rings (SSSR count). The predicted molar refractivity (Wildman–Crippen MR) is 139 cm³/mol. The van der Waals surface area contributed by atoms with E-state index in [-0.39, 0.29) is 25.0 Å². The van der Waals surface area contributed by atoms with E-state index in [1.807, 2.05) is 74.5 Å². The SMILES string of the molecule is CCNC(=O)C(Cc1ccccc1)N(Cc1ccccc1Cl)C(=O)COc1ccc(Br)c(C)c1. The fourth-order valence-corrected chi connectivity index (χ4v) is 4.03. The van der Waals surface area contributed by atoms with Gasteiger partial charge in [-0.05, 0) is 54.8 Å². The van der Waals surface area contributed by atoms with E-state index in [2.05, 4.69) is 21.2 Å². The summed E-state index contributed by atoms with van der Waals surface area (Å²) < 4.78 is 6.78. The lowest BCUT2D eigenvalue weighted by Crippen LogP contribution is -2.51. The van der Waals surface area contributed by atoms with Crippen molar-refractivity contribution in [3.63, 3.8) is 0 Å². The molecule has 0 bridgehead atoms. The minimum Gasteiger partial charge on any atom is -0.484 e. The summed E-state index contributed by atoms with van der Waals surface area (Å²) in [6, 6.07) is 21.8. The molecule has 0 saturated heterocycles. The third kappa shape index (κ3) is 7.08. The summed E-state index contributed by atoms with van der Waals surface area (Å²) in [6.45, 7) is 4.27. The second kappa shape index (κ2) is 12.6. The van der Waals surface area contributed by atoms with Crippen LogP contribution in [0, 0.1) is 6.92 Å². The molecule has 0 radical (unpaired) electrons. The monoisotopic (exact) mass is 542 g/mol. The Hall–Kier alpha value is -2.83. The third-order valence-corrected chi connectivity index (χ3v) is 6.67. The fraction of sp³-hybridized carbons (Fsp3) is 0.259. The second-order valence-corrected chi connectivity index (χ2v) is 9.17. The van der Waals surface area contributed by atoms with Gasteiger partial charge >= 0.3 is 0 Å². The van der Waals surface area contributed by atoms with Crippen molar-refractivity contribution in [2.45, 2.75) is 32.9 Å². The molecule has 3 aromatic carbocycles. The molecule has 34 heavy (non-hydrogen) atoms. The van der Waals surface area contributed by atoms with Gasteiger partial charge in [0.15, 0.2) is 6.61 Å². The Morgan fingerprint density at radius 1 is 1.06 bits per heavy atom. The van der Waals surface area contributed by atoms with Crippen molar-refractivity contribution in [2.24, 2.45) is 0 Å². The number of carbonyl (C=O) groups is 2. The Labute approximate surface area is 214 Å². The number of carbonyl (C=O) groups excluding carboxylic acids is 2. The van der Waals surface area contributed by atoms with Gasteiger partial charge in [0, 0.05) is 29.0 Å². The molecule has 0 fully saturated rings. The van der Waals surface area contributed by atoms with Crippen LogP contribution in [0.4, 0.5) is 0 Å². The van der Waals surface area contributed by atoms with Crippen molar-refractivity contribution in [3.8, 4) is 5.75 Å². The van der Waals surface area contributed by atoms with Crippen LogP contribution in [0.15, 0.2) is 77.3 Å². The zero-order chi connectivity index (χ0) is 24.5. The number of rotatable bonds is 10. The Kier molecular flexibility index (Phi) is 9.54. The molecular weight excluding hydrogens is 516 g/mol. The number of likely N-dealkylation sites (N-methyl/N-ethyl adjacent to an activating group) is 1. The van der Waals surface area contributed by atoms with Crippen LogP contribution in [-0.4, -0.2) is 35.9 Å². The molecule has 178 valence electrons. The zero-order valence-electron chi connectivity index (χ0n) is 19.3. The van der Waals surface area contributed by atoms with Gasteiger partial charge in [0.1, 0.15) is 11.8 Å². The molecule has 3 aromatic rings. The highest BCUT2D eigenvalue weighted by Crippen LogP contribution is 2.23. The summed E-state index contributed by atoms with van der Waals surface area (Å²) in [5.74, 6) is 0.0725. The van der Waals surface area contributed by atoms with E-state index in [1.165, 1.54) is 0 Å². The van der Waals surface area contributed by atoms with E-state index < -0.39 is 6.04 Å². The van der Waals surface area contributed by atoms with Gasteiger partial charge in [0.2, 0.25) is 5.91 Å². The van der Waals surface area contributed by atoms with E-state index in [0.717, 1.165) is 21.2 Å². The number of nitrogens with zero attached hydrogens (tertiary/aromatic N) is 1. The van der Waals surface area contributed by atoms with Crippen LogP contribution in [-0.2, 0) is 22.6 Å². The molecule has 1 atom stereocenters. The molecule has 0 spiro atoms. The molecule has 0 heterocycles. The molecule has 1 unspecified atom stereocenters. The zero-order valence-corrected chi connectivity index (χ0v) is 21.6. The minimum atomic E-state index is -0.721. The van der Waals surface area contributed by atoms with Gasteiger partial charge in [-0.1, -0.05) is 76.1 Å². The molecule has 2 amide bonds. The lowest BCUT2D eigenvalue weighted by molar-refractivity contribution is -0.142. The highest BCUT2D eigenvalue weighted by atomic mass is 79.9. The lowest BCUT2D eigenvalue weighted by atomic mass is 10.0. The maximum absolute atomic E-state index is 13.5. The molecule has 0 aliphatic heterocycles. The predicted octanol–water partition coefficient (Wildman–Crippen LogP) is 5.57. The average molecular weight is 544 g/mol. The molecule has 1 N–H and O–H groups in total. The first-order valence-electron chi connectivity index (χ1n) is 11.1. The number of amides is 2. The minimum absolute atomic E-state index is 0.190. The van der Waals surface area contributed by atoms with Crippen molar-refractivity contribution in [3.05, 3.63) is 99.0 Å². The number of hydrogen-bond donors (Lipinski definition) is 1. The Bertz CT molecular complexity index is 1120. The average Bonchev–Trinajstić information content (AvgIpc) is 2.83. The molecular formula is C27H28BrClN2O3. The van der Waals surface area contributed by atoms with Crippen LogP contribution in [0.3, 0.4) is 0 Å². The highest BCUT2D eigenvalue weighted by Gasteiger charge is 2.30. The number of hydrogen-bond acceptors (Lipinski definition) is 3. The largest absolute Gasteiger partial charge is 0.484 e. The number of aryl methyl sites for hydroxylation is 1. The van der Waals surface area contributed by atoms with Crippen LogP contribution in [0.5, 0.6) is 5.75 Å². The quantitative estimate of drug-likeness (QED) is 0.364. The Balaban J connectivity index is 1.90. The number of benzene rings is 3. The standard InChI is InChI=1S/C27H28BrClN2O3/c1-3-30-27(33)25(16-20-9-5-4-6-10-20)31(17-21-11-7-8-12-24(21)29)26(32)18-34-22-13-14-23(28)19(2)15-22/h4-15,25H,3,16-18H2,1-2H3,(H,30,33). The summed E-state index contributed by atoms with van der Waals surface area (Å²) in [5.41, 5.74) is 2.72. The van der Waals surface area contributed by atoms with Gasteiger partial charge in [-0.15, -0.1) is 0 Å².